The molecule has 0 N–H and O–H groups in total. The van der Waals surface area contributed by atoms with Gasteiger partial charge in [0, 0.05) is 0 Å². The zero-order valence-electron chi connectivity index (χ0n) is 6.50. The molecular weight excluding hydrogens is 138 g/mol. The maximum atomic E-state index is 3.92. The molecule has 0 fully saturated rings. The summed E-state index contributed by atoms with van der Waals surface area (Å²) >= 11 is 0. The summed E-state index contributed by atoms with van der Waals surface area (Å²) in [7, 11) is 0. The van der Waals surface area contributed by atoms with Gasteiger partial charge in [0.1, 0.15) is 11.4 Å². The number of benzene rings is 1. The minimum absolute atomic E-state index is 0.883. The normalized spacial score (nSPS) is 12.9. The maximum Gasteiger partial charge on any atom is 0.118 e. The van der Waals surface area contributed by atoms with Crippen LogP contribution in [0.4, 0.5) is 11.4 Å². The molecule has 0 saturated heterocycles. The molecule has 0 unspecified atom stereocenters. The summed E-state index contributed by atoms with van der Waals surface area (Å²) < 4.78 is 0. The van der Waals surface area contributed by atoms with E-state index in [9.17, 15) is 0 Å². The summed E-state index contributed by atoms with van der Waals surface area (Å²) in [5.74, 6) is 0. The molecule has 2 rings (SSSR count). The minimum atomic E-state index is 0.883. The highest BCUT2D eigenvalue weighted by Gasteiger charge is 2.12. The van der Waals surface area contributed by atoms with Crippen LogP contribution >= 0.6 is 0 Å². The minimum Gasteiger partial charge on any atom is -0.128 e. The molecule has 1 aliphatic rings. The third-order valence-electron chi connectivity index (χ3n) is 1.98. The molecule has 0 amide bonds. The second kappa shape index (κ2) is 2.05. The number of hydrogen-bond donors (Lipinski definition) is 0. The molecule has 0 aromatic heterocycles. The number of rotatable bonds is 0. The summed E-state index contributed by atoms with van der Waals surface area (Å²) in [5.41, 5.74) is 8.07. The molecule has 3 heteroatoms. The van der Waals surface area contributed by atoms with E-state index < -0.39 is 0 Å². The van der Waals surface area contributed by atoms with Gasteiger partial charge < -0.3 is 0 Å². The molecule has 0 saturated carbocycles. The molecule has 0 aliphatic carbocycles. The smallest absolute Gasteiger partial charge is 0.118 e. The van der Waals surface area contributed by atoms with Gasteiger partial charge in [-0.3, -0.25) is 0 Å². The zero-order chi connectivity index (χ0) is 7.84. The molecule has 1 radical (unpaired) electrons. The van der Waals surface area contributed by atoms with Gasteiger partial charge in [-0.25, -0.2) is 0 Å². The van der Waals surface area contributed by atoms with Crippen molar-refractivity contribution in [3.63, 3.8) is 0 Å². The zero-order valence-corrected chi connectivity index (χ0v) is 6.50. The van der Waals surface area contributed by atoms with Crippen molar-refractivity contribution in [3.05, 3.63) is 23.3 Å². The van der Waals surface area contributed by atoms with Gasteiger partial charge in [-0.1, -0.05) is 6.07 Å². The monoisotopic (exact) mass is 146 g/mol. The molecule has 0 atom stereocenters. The Bertz CT molecular complexity index is 328. The maximum absolute atomic E-state index is 3.92. The van der Waals surface area contributed by atoms with Crippen LogP contribution in [-0.2, 0) is 0 Å². The van der Waals surface area contributed by atoms with Gasteiger partial charge in [0.15, 0.2) is 0 Å². The molecule has 55 valence electrons. The van der Waals surface area contributed by atoms with E-state index >= 15 is 0 Å². The molecule has 1 aromatic rings. The largest absolute Gasteiger partial charge is 0.128 e. The summed E-state index contributed by atoms with van der Waals surface area (Å²) in [6.45, 7) is 4.09. The Labute approximate surface area is 65.1 Å². The van der Waals surface area contributed by atoms with Crippen LogP contribution in [0, 0.1) is 13.8 Å². The Kier molecular flexibility index (Phi) is 1.18. The molecule has 1 aliphatic heterocycles. The average Bonchev–Trinajstić information content (AvgIpc) is 2.45. The third-order valence-corrected chi connectivity index (χ3v) is 1.98. The van der Waals surface area contributed by atoms with E-state index in [0.717, 1.165) is 11.4 Å². The van der Waals surface area contributed by atoms with Crippen LogP contribution in [0.25, 0.3) is 0 Å². The van der Waals surface area contributed by atoms with Crippen LogP contribution in [0.2, 0.25) is 0 Å². The van der Waals surface area contributed by atoms with Crippen molar-refractivity contribution in [2.24, 2.45) is 10.3 Å². The van der Waals surface area contributed by atoms with E-state index in [1.54, 1.807) is 0 Å². The van der Waals surface area contributed by atoms with Crippen LogP contribution in [-0.4, -0.2) is 0 Å². The molecule has 1 heterocycles. The predicted molar refractivity (Wildman–Crippen MR) is 42.2 cm³/mol. The first-order valence-electron chi connectivity index (χ1n) is 3.51. The van der Waals surface area contributed by atoms with Gasteiger partial charge in [0.2, 0.25) is 0 Å². The fraction of sp³-hybridized carbons (Fsp3) is 0.250. The van der Waals surface area contributed by atoms with Crippen LogP contribution < -0.4 is 5.43 Å². The number of aryl methyl sites for hydroxylation is 1. The Morgan fingerprint density at radius 2 is 2.00 bits per heavy atom. The summed E-state index contributed by atoms with van der Waals surface area (Å²) in [5, 5.41) is 7.52. The lowest BCUT2D eigenvalue weighted by Gasteiger charge is -2.01. The first-order valence-corrected chi connectivity index (χ1v) is 3.51. The molecule has 3 nitrogen and oxygen atoms in total. The third kappa shape index (κ3) is 0.808. The second-order valence-electron chi connectivity index (χ2n) is 2.66. The van der Waals surface area contributed by atoms with Crippen molar-refractivity contribution in [2.75, 3.05) is 0 Å². The Hall–Kier alpha value is -1.38. The number of fused-ring (bicyclic) bond motifs is 1. The molecule has 11 heavy (non-hydrogen) atoms. The van der Waals surface area contributed by atoms with E-state index in [1.165, 1.54) is 11.1 Å². The number of hydrogen-bond acceptors (Lipinski definition) is 2. The Morgan fingerprint density at radius 1 is 1.18 bits per heavy atom. The van der Waals surface area contributed by atoms with Crippen LogP contribution in [0.3, 0.4) is 0 Å². The van der Waals surface area contributed by atoms with Crippen molar-refractivity contribution in [3.8, 4) is 0 Å². The Balaban J connectivity index is 2.70. The highest BCUT2D eigenvalue weighted by Crippen LogP contribution is 2.35. The molecule has 0 bridgehead atoms. The van der Waals surface area contributed by atoms with Gasteiger partial charge in [0.05, 0.1) is 0 Å². The quantitative estimate of drug-likeness (QED) is 0.539. The summed E-state index contributed by atoms with van der Waals surface area (Å²) in [6.07, 6.45) is 0. The lowest BCUT2D eigenvalue weighted by molar-refractivity contribution is 0.923. The van der Waals surface area contributed by atoms with Crippen LogP contribution in [0.5, 0.6) is 0 Å². The van der Waals surface area contributed by atoms with Gasteiger partial charge in [-0.05, 0) is 36.3 Å². The van der Waals surface area contributed by atoms with Gasteiger partial charge in [0.25, 0.3) is 0 Å². The topological polar surface area (TPSA) is 38.8 Å². The first kappa shape index (κ1) is 6.34. The number of nitrogens with zero attached hydrogens (tertiary/aromatic N) is 3. The van der Waals surface area contributed by atoms with Crippen molar-refractivity contribution >= 4 is 11.4 Å². The SMILES string of the molecule is Cc1ccc2c(c1C)N=N[N]2. The lowest BCUT2D eigenvalue weighted by Crippen LogP contribution is -1.83. The summed E-state index contributed by atoms with van der Waals surface area (Å²) in [4.78, 5) is 0. The van der Waals surface area contributed by atoms with Crippen molar-refractivity contribution in [2.45, 2.75) is 13.8 Å². The van der Waals surface area contributed by atoms with Gasteiger partial charge in [-0.15, -0.1) is 10.5 Å². The van der Waals surface area contributed by atoms with Crippen molar-refractivity contribution in [1.82, 2.24) is 5.43 Å². The van der Waals surface area contributed by atoms with E-state index in [4.69, 9.17) is 0 Å². The van der Waals surface area contributed by atoms with Crippen molar-refractivity contribution in [1.29, 1.82) is 0 Å². The van der Waals surface area contributed by atoms with Crippen molar-refractivity contribution < 1.29 is 0 Å². The molecule has 1 aromatic carbocycles. The lowest BCUT2D eigenvalue weighted by atomic mass is 10.1. The van der Waals surface area contributed by atoms with Gasteiger partial charge >= 0.3 is 0 Å². The molecular formula is C8H8N3. The van der Waals surface area contributed by atoms with Crippen LogP contribution in [0.1, 0.15) is 11.1 Å². The second-order valence-corrected chi connectivity index (χ2v) is 2.66. The predicted octanol–water partition coefficient (Wildman–Crippen LogP) is 2.55. The van der Waals surface area contributed by atoms with Gasteiger partial charge in [-0.2, -0.15) is 0 Å². The van der Waals surface area contributed by atoms with E-state index in [2.05, 4.69) is 22.7 Å². The van der Waals surface area contributed by atoms with Crippen LogP contribution in [0.15, 0.2) is 22.5 Å². The highest BCUT2D eigenvalue weighted by atomic mass is 15.5. The highest BCUT2D eigenvalue weighted by molar-refractivity contribution is 5.67. The summed E-state index contributed by atoms with van der Waals surface area (Å²) in [6, 6.07) is 3.98. The standard InChI is InChI=1S/C8H8N3/c1-5-3-4-7-8(6(5)2)10-11-9-7/h3-4H,1-2H3. The van der Waals surface area contributed by atoms with E-state index in [1.807, 2.05) is 19.1 Å². The Morgan fingerprint density at radius 3 is 2.82 bits per heavy atom. The van der Waals surface area contributed by atoms with E-state index in [-0.39, 0.29) is 0 Å². The first-order chi connectivity index (χ1) is 5.29. The van der Waals surface area contributed by atoms with E-state index in [0.29, 0.717) is 0 Å². The fourth-order valence-corrected chi connectivity index (χ4v) is 1.11. The fourth-order valence-electron chi connectivity index (χ4n) is 1.11. The molecule has 0 spiro atoms. The average molecular weight is 146 g/mol.